The van der Waals surface area contributed by atoms with E-state index in [2.05, 4.69) is 40.3 Å². The van der Waals surface area contributed by atoms with E-state index in [4.69, 9.17) is 29.9 Å². The van der Waals surface area contributed by atoms with Gasteiger partial charge in [-0.3, -0.25) is 0 Å². The van der Waals surface area contributed by atoms with Crippen LogP contribution in [0.15, 0.2) is 121 Å². The van der Waals surface area contributed by atoms with Gasteiger partial charge in [-0.1, -0.05) is 109 Å². The van der Waals surface area contributed by atoms with E-state index in [1.807, 2.05) is 91.0 Å². The molecule has 5 heterocycles. The SMILES string of the molecule is c1ccc(-c2ccc3c4nc5nc(nc6[nH]c(nc7nc(nc([nH]4)c3c2)-c2ccccc2-7)c2ccccc62)-c2ccccc2-5)cc1. The second-order valence-electron chi connectivity index (χ2n) is 11.4. The Labute approximate surface area is 261 Å². The second-order valence-corrected chi connectivity index (χ2v) is 11.4. The van der Waals surface area contributed by atoms with Gasteiger partial charge in [-0.05, 0) is 23.3 Å². The molecule has 10 rings (SSSR count). The molecule has 8 bridgehead atoms. The topological polar surface area (TPSA) is 109 Å². The number of benzene rings is 5. The normalized spacial score (nSPS) is 11.9. The van der Waals surface area contributed by atoms with Crippen LogP contribution >= 0.6 is 0 Å². The summed E-state index contributed by atoms with van der Waals surface area (Å²) in [6, 6.07) is 40.9. The van der Waals surface area contributed by atoms with Gasteiger partial charge in [0.2, 0.25) is 0 Å². The Balaban J connectivity index is 1.38. The summed E-state index contributed by atoms with van der Waals surface area (Å²) >= 11 is 0. The molecule has 214 valence electrons. The van der Waals surface area contributed by atoms with Crippen molar-refractivity contribution in [1.82, 2.24) is 39.9 Å². The molecule has 0 saturated heterocycles. The van der Waals surface area contributed by atoms with Crippen molar-refractivity contribution in [2.75, 3.05) is 0 Å². The van der Waals surface area contributed by atoms with Gasteiger partial charge >= 0.3 is 0 Å². The molecule has 0 radical (unpaired) electrons. The average molecular weight is 591 g/mol. The van der Waals surface area contributed by atoms with Crippen LogP contribution in [0.4, 0.5) is 0 Å². The minimum Gasteiger partial charge on any atom is -0.324 e. The minimum absolute atomic E-state index is 0.584. The summed E-state index contributed by atoms with van der Waals surface area (Å²) in [6.45, 7) is 0. The first-order valence-corrected chi connectivity index (χ1v) is 15.1. The van der Waals surface area contributed by atoms with Crippen LogP contribution in [0.2, 0.25) is 0 Å². The minimum atomic E-state index is 0.584. The highest BCUT2D eigenvalue weighted by atomic mass is 15.1. The monoisotopic (exact) mass is 590 g/mol. The predicted molar refractivity (Wildman–Crippen MR) is 181 cm³/mol. The molecule has 2 aliphatic rings. The maximum Gasteiger partial charge on any atom is 0.164 e. The number of rotatable bonds is 1. The van der Waals surface area contributed by atoms with Crippen LogP contribution in [-0.4, -0.2) is 39.9 Å². The number of hydrogen-bond donors (Lipinski definition) is 2. The largest absolute Gasteiger partial charge is 0.324 e. The zero-order valence-electron chi connectivity index (χ0n) is 24.2. The third kappa shape index (κ3) is 3.74. The molecule has 0 amide bonds. The second kappa shape index (κ2) is 9.48. The first-order valence-electron chi connectivity index (χ1n) is 15.1. The van der Waals surface area contributed by atoms with Crippen molar-refractivity contribution in [1.29, 1.82) is 0 Å². The van der Waals surface area contributed by atoms with Crippen molar-refractivity contribution in [2.45, 2.75) is 0 Å². The van der Waals surface area contributed by atoms with Gasteiger partial charge in [0.15, 0.2) is 23.3 Å². The van der Waals surface area contributed by atoms with E-state index >= 15 is 0 Å². The lowest BCUT2D eigenvalue weighted by atomic mass is 10.0. The van der Waals surface area contributed by atoms with Crippen molar-refractivity contribution < 1.29 is 0 Å². The Bertz CT molecular complexity index is 2700. The summed E-state index contributed by atoms with van der Waals surface area (Å²) in [5.41, 5.74) is 8.58. The molecule has 2 aliphatic heterocycles. The number of hydrogen-bond acceptors (Lipinski definition) is 6. The average Bonchev–Trinajstić information content (AvgIpc) is 3.84. The van der Waals surface area contributed by atoms with Gasteiger partial charge in [-0.25, -0.2) is 29.9 Å². The zero-order valence-corrected chi connectivity index (χ0v) is 24.2. The summed E-state index contributed by atoms with van der Waals surface area (Å²) in [4.78, 5) is 37.4. The van der Waals surface area contributed by atoms with Crippen molar-refractivity contribution >= 4 is 44.1 Å². The molecular formula is C38H22N8. The first kappa shape index (κ1) is 24.9. The van der Waals surface area contributed by atoms with Crippen molar-refractivity contribution in [3.63, 3.8) is 0 Å². The lowest BCUT2D eigenvalue weighted by Crippen LogP contribution is -1.83. The van der Waals surface area contributed by atoms with E-state index < -0.39 is 0 Å². The highest BCUT2D eigenvalue weighted by molar-refractivity contribution is 6.07. The van der Waals surface area contributed by atoms with Crippen molar-refractivity contribution in [2.24, 2.45) is 0 Å². The molecule has 8 heteroatoms. The molecule has 0 aliphatic carbocycles. The molecule has 0 spiro atoms. The van der Waals surface area contributed by atoms with E-state index in [9.17, 15) is 0 Å². The molecule has 5 aromatic carbocycles. The van der Waals surface area contributed by atoms with Crippen molar-refractivity contribution in [3.8, 4) is 56.7 Å². The van der Waals surface area contributed by atoms with E-state index in [0.29, 0.717) is 45.9 Å². The summed E-state index contributed by atoms with van der Waals surface area (Å²) in [5.74, 6) is 2.35. The van der Waals surface area contributed by atoms with Crippen LogP contribution in [-0.2, 0) is 0 Å². The van der Waals surface area contributed by atoms with Crippen LogP contribution < -0.4 is 0 Å². The van der Waals surface area contributed by atoms with Crippen LogP contribution in [0.5, 0.6) is 0 Å². The van der Waals surface area contributed by atoms with Crippen LogP contribution in [0.1, 0.15) is 0 Å². The number of fused-ring (bicyclic) bond motifs is 20. The van der Waals surface area contributed by atoms with E-state index in [1.54, 1.807) is 0 Å². The lowest BCUT2D eigenvalue weighted by Gasteiger charge is -2.01. The maximum atomic E-state index is 5.15. The van der Waals surface area contributed by atoms with Gasteiger partial charge < -0.3 is 9.97 Å². The summed E-state index contributed by atoms with van der Waals surface area (Å²) in [7, 11) is 0. The third-order valence-electron chi connectivity index (χ3n) is 8.66. The number of H-pyrrole nitrogens is 2. The molecule has 2 N–H and O–H groups in total. The molecule has 46 heavy (non-hydrogen) atoms. The van der Waals surface area contributed by atoms with Gasteiger partial charge in [0.1, 0.15) is 22.6 Å². The fourth-order valence-electron chi connectivity index (χ4n) is 6.45. The molecule has 8 aromatic rings. The zero-order chi connectivity index (χ0) is 30.2. The van der Waals surface area contributed by atoms with E-state index in [-0.39, 0.29) is 0 Å². The number of nitrogens with zero attached hydrogens (tertiary/aromatic N) is 6. The highest BCUT2D eigenvalue weighted by Gasteiger charge is 2.22. The smallest absolute Gasteiger partial charge is 0.164 e. The molecule has 0 fully saturated rings. The molecular weight excluding hydrogens is 568 g/mol. The molecule has 0 saturated carbocycles. The predicted octanol–water partition coefficient (Wildman–Crippen LogP) is 8.54. The van der Waals surface area contributed by atoms with Gasteiger partial charge in [0.05, 0.1) is 0 Å². The van der Waals surface area contributed by atoms with E-state index in [0.717, 1.165) is 54.9 Å². The fourth-order valence-corrected chi connectivity index (χ4v) is 6.45. The first-order chi connectivity index (χ1) is 22.8. The Morgan fingerprint density at radius 3 is 1.17 bits per heavy atom. The molecule has 0 unspecified atom stereocenters. The molecule has 0 atom stereocenters. The van der Waals surface area contributed by atoms with Gasteiger partial charge in [0, 0.05) is 43.8 Å². The fraction of sp³-hybridized carbons (Fsp3) is 0. The Morgan fingerprint density at radius 2 is 0.696 bits per heavy atom. The van der Waals surface area contributed by atoms with Crippen LogP contribution in [0, 0.1) is 0 Å². The van der Waals surface area contributed by atoms with Crippen molar-refractivity contribution in [3.05, 3.63) is 121 Å². The quantitative estimate of drug-likeness (QED) is 0.198. The molecule has 3 aromatic heterocycles. The number of aromatic nitrogens is 8. The summed E-state index contributed by atoms with van der Waals surface area (Å²) in [6.07, 6.45) is 0. The Hall–Kier alpha value is -6.54. The standard InChI is InChI=1S/C38H22N8/c1-2-10-21(11-3-1)22-18-19-29-30(20-22)38-45-36-28-17-9-8-16-27(28)34(43-36)41-32-24-13-5-4-12-23(24)31(39-32)40-33-25-14-6-7-15-26(25)35(42-33)44-37(29)46-38/h1-20H,(H2,39,40,41,42,43,44,45,46). The highest BCUT2D eigenvalue weighted by Crippen LogP contribution is 2.37. The lowest BCUT2D eigenvalue weighted by molar-refractivity contribution is 1.19. The molecule has 8 nitrogen and oxygen atoms in total. The van der Waals surface area contributed by atoms with Gasteiger partial charge in [0.25, 0.3) is 0 Å². The van der Waals surface area contributed by atoms with Crippen LogP contribution in [0.3, 0.4) is 0 Å². The maximum absolute atomic E-state index is 5.15. The summed E-state index contributed by atoms with van der Waals surface area (Å²) < 4.78 is 0. The summed E-state index contributed by atoms with van der Waals surface area (Å²) in [5, 5.41) is 3.78. The Kier molecular flexibility index (Phi) is 5.12. The Morgan fingerprint density at radius 1 is 0.304 bits per heavy atom. The number of nitrogens with one attached hydrogen (secondary N) is 2. The van der Waals surface area contributed by atoms with Gasteiger partial charge in [-0.2, -0.15) is 0 Å². The van der Waals surface area contributed by atoms with Crippen LogP contribution in [0.25, 0.3) is 101 Å². The van der Waals surface area contributed by atoms with Gasteiger partial charge in [-0.15, -0.1) is 0 Å². The number of aromatic amines is 2. The van der Waals surface area contributed by atoms with E-state index in [1.165, 1.54) is 0 Å². The third-order valence-corrected chi connectivity index (χ3v) is 8.66.